The van der Waals surface area contributed by atoms with Crippen molar-refractivity contribution in [2.75, 3.05) is 11.9 Å². The van der Waals surface area contributed by atoms with Crippen molar-refractivity contribution < 1.29 is 9.90 Å². The average Bonchev–Trinajstić information content (AvgIpc) is 2.18. The molecule has 0 radical (unpaired) electrons. The van der Waals surface area contributed by atoms with E-state index < -0.39 is 0 Å². The molecule has 0 aromatic heterocycles. The zero-order valence-corrected chi connectivity index (χ0v) is 9.96. The van der Waals surface area contributed by atoms with Crippen LogP contribution < -0.4 is 11.1 Å². The fraction of sp³-hybridized carbons (Fsp3) is 0.364. The van der Waals surface area contributed by atoms with E-state index >= 15 is 0 Å². The molecule has 1 atom stereocenters. The summed E-state index contributed by atoms with van der Waals surface area (Å²) < 4.78 is 0. The minimum absolute atomic E-state index is 0. The molecule has 1 aromatic rings. The van der Waals surface area contributed by atoms with Gasteiger partial charge < -0.3 is 16.2 Å². The van der Waals surface area contributed by atoms with E-state index in [1.807, 2.05) is 12.1 Å². The molecule has 0 aliphatic heterocycles. The van der Waals surface area contributed by atoms with Crippen LogP contribution in [0.15, 0.2) is 24.3 Å². The molecule has 0 aliphatic carbocycles. The lowest BCUT2D eigenvalue weighted by atomic mass is 10.0. The molecule has 0 spiro atoms. The minimum atomic E-state index is -0.152. The summed E-state index contributed by atoms with van der Waals surface area (Å²) in [6, 6.07) is 7.15. The van der Waals surface area contributed by atoms with Crippen molar-refractivity contribution in [3.63, 3.8) is 0 Å². The Bertz CT molecular complexity index is 327. The van der Waals surface area contributed by atoms with Crippen molar-refractivity contribution in [2.24, 2.45) is 5.73 Å². The van der Waals surface area contributed by atoms with E-state index in [0.717, 1.165) is 11.3 Å². The lowest BCUT2D eigenvalue weighted by Gasteiger charge is -2.11. The molecule has 0 saturated carbocycles. The van der Waals surface area contributed by atoms with Crippen LogP contribution in [-0.4, -0.2) is 17.6 Å². The van der Waals surface area contributed by atoms with Gasteiger partial charge in [-0.15, -0.1) is 12.4 Å². The van der Waals surface area contributed by atoms with E-state index in [9.17, 15) is 4.79 Å². The number of nitrogens with one attached hydrogen (secondary N) is 1. The van der Waals surface area contributed by atoms with Gasteiger partial charge in [0.15, 0.2) is 0 Å². The maximum atomic E-state index is 10.8. The predicted octanol–water partition coefficient (Wildman–Crippen LogP) is 1.45. The van der Waals surface area contributed by atoms with E-state index in [2.05, 4.69) is 5.32 Å². The van der Waals surface area contributed by atoms with E-state index in [1.165, 1.54) is 6.92 Å². The van der Waals surface area contributed by atoms with E-state index in [-0.39, 0.29) is 31.0 Å². The molecule has 0 aliphatic rings. The van der Waals surface area contributed by atoms with Gasteiger partial charge >= 0.3 is 0 Å². The van der Waals surface area contributed by atoms with Crippen molar-refractivity contribution in [1.29, 1.82) is 0 Å². The number of carbonyl (C=O) groups excluding carboxylic acids is 1. The number of halogens is 1. The zero-order valence-electron chi connectivity index (χ0n) is 9.14. The number of nitrogens with two attached hydrogens (primary N) is 1. The number of carbonyl (C=O) groups is 1. The van der Waals surface area contributed by atoms with Crippen molar-refractivity contribution in [3.8, 4) is 0 Å². The largest absolute Gasteiger partial charge is 0.396 e. The highest BCUT2D eigenvalue weighted by molar-refractivity contribution is 5.88. The normalized spacial score (nSPS) is 11.4. The zero-order chi connectivity index (χ0) is 11.3. The Kier molecular flexibility index (Phi) is 6.72. The summed E-state index contributed by atoms with van der Waals surface area (Å²) >= 11 is 0. The number of amides is 1. The van der Waals surface area contributed by atoms with Crippen molar-refractivity contribution in [2.45, 2.75) is 19.4 Å². The molecule has 4 nitrogen and oxygen atoms in total. The number of anilines is 1. The van der Waals surface area contributed by atoms with Gasteiger partial charge in [0.25, 0.3) is 0 Å². The lowest BCUT2D eigenvalue weighted by molar-refractivity contribution is -0.114. The highest BCUT2D eigenvalue weighted by Crippen LogP contribution is 2.16. The van der Waals surface area contributed by atoms with Crippen LogP contribution in [0.2, 0.25) is 0 Å². The number of benzene rings is 1. The summed E-state index contributed by atoms with van der Waals surface area (Å²) in [5.74, 6) is -0.0950. The summed E-state index contributed by atoms with van der Waals surface area (Å²) in [5, 5.41) is 11.4. The number of aliphatic hydroxyl groups is 1. The predicted molar refractivity (Wildman–Crippen MR) is 66.6 cm³/mol. The van der Waals surface area contributed by atoms with E-state index in [4.69, 9.17) is 10.8 Å². The minimum Gasteiger partial charge on any atom is -0.396 e. The summed E-state index contributed by atoms with van der Waals surface area (Å²) in [7, 11) is 0. The Morgan fingerprint density at radius 2 is 2.00 bits per heavy atom. The molecule has 0 saturated heterocycles. The van der Waals surface area contributed by atoms with Crippen LogP contribution in [0.4, 0.5) is 5.69 Å². The molecular formula is C11H17ClN2O2. The Labute approximate surface area is 101 Å². The second kappa shape index (κ2) is 7.22. The monoisotopic (exact) mass is 244 g/mol. The number of rotatable bonds is 4. The first-order valence-electron chi connectivity index (χ1n) is 4.87. The summed E-state index contributed by atoms with van der Waals surface area (Å²) in [4.78, 5) is 10.8. The average molecular weight is 245 g/mol. The molecule has 0 unspecified atom stereocenters. The van der Waals surface area contributed by atoms with Gasteiger partial charge in [-0.3, -0.25) is 4.79 Å². The van der Waals surface area contributed by atoms with E-state index in [1.54, 1.807) is 12.1 Å². The molecule has 0 heterocycles. The Morgan fingerprint density at radius 3 is 2.44 bits per heavy atom. The quantitative estimate of drug-likeness (QED) is 0.750. The fourth-order valence-corrected chi connectivity index (χ4v) is 1.32. The third-order valence-electron chi connectivity index (χ3n) is 2.10. The third-order valence-corrected chi connectivity index (χ3v) is 2.10. The topological polar surface area (TPSA) is 75.4 Å². The maximum Gasteiger partial charge on any atom is 0.221 e. The molecule has 0 bridgehead atoms. The number of aliphatic hydroxyl groups excluding tert-OH is 1. The summed E-state index contributed by atoms with van der Waals surface area (Å²) in [5.41, 5.74) is 7.52. The van der Waals surface area contributed by atoms with Gasteiger partial charge in [0.2, 0.25) is 5.91 Å². The van der Waals surface area contributed by atoms with Crippen LogP contribution in [0.5, 0.6) is 0 Å². The molecule has 1 aromatic carbocycles. The van der Waals surface area contributed by atoms with Crippen LogP contribution >= 0.6 is 12.4 Å². The van der Waals surface area contributed by atoms with Crippen LogP contribution in [0, 0.1) is 0 Å². The molecule has 1 rings (SSSR count). The van der Waals surface area contributed by atoms with Gasteiger partial charge in [-0.2, -0.15) is 0 Å². The first-order valence-corrected chi connectivity index (χ1v) is 4.87. The maximum absolute atomic E-state index is 10.8. The van der Waals surface area contributed by atoms with Crippen LogP contribution in [0.25, 0.3) is 0 Å². The van der Waals surface area contributed by atoms with Crippen LogP contribution in [0.1, 0.15) is 24.9 Å². The first-order chi connectivity index (χ1) is 7.13. The molecule has 0 fully saturated rings. The van der Waals surface area contributed by atoms with Crippen LogP contribution in [0.3, 0.4) is 0 Å². The number of hydrogen-bond donors (Lipinski definition) is 3. The third kappa shape index (κ3) is 4.61. The Morgan fingerprint density at radius 1 is 1.44 bits per heavy atom. The molecule has 90 valence electrons. The highest BCUT2D eigenvalue weighted by atomic mass is 35.5. The SMILES string of the molecule is CC(=O)Nc1ccc([C@H](N)CCO)cc1.Cl. The Hall–Kier alpha value is -1.10. The van der Waals surface area contributed by atoms with Crippen LogP contribution in [-0.2, 0) is 4.79 Å². The fourth-order valence-electron chi connectivity index (χ4n) is 1.32. The van der Waals surface area contributed by atoms with Gasteiger partial charge in [0.05, 0.1) is 0 Å². The Balaban J connectivity index is 0.00000225. The van der Waals surface area contributed by atoms with Gasteiger partial charge in [-0.1, -0.05) is 12.1 Å². The van der Waals surface area contributed by atoms with Gasteiger partial charge in [-0.05, 0) is 24.1 Å². The second-order valence-corrected chi connectivity index (χ2v) is 3.42. The first kappa shape index (κ1) is 14.9. The molecule has 16 heavy (non-hydrogen) atoms. The molecule has 4 N–H and O–H groups in total. The van der Waals surface area contributed by atoms with Crippen molar-refractivity contribution in [3.05, 3.63) is 29.8 Å². The molecule has 5 heteroatoms. The smallest absolute Gasteiger partial charge is 0.221 e. The van der Waals surface area contributed by atoms with Gasteiger partial charge in [-0.25, -0.2) is 0 Å². The van der Waals surface area contributed by atoms with Gasteiger partial charge in [0, 0.05) is 25.3 Å². The number of hydrogen-bond acceptors (Lipinski definition) is 3. The van der Waals surface area contributed by atoms with Crippen molar-refractivity contribution >= 4 is 24.0 Å². The lowest BCUT2D eigenvalue weighted by Crippen LogP contribution is -2.12. The molecular weight excluding hydrogens is 228 g/mol. The van der Waals surface area contributed by atoms with Crippen molar-refractivity contribution in [1.82, 2.24) is 0 Å². The second-order valence-electron chi connectivity index (χ2n) is 3.42. The summed E-state index contributed by atoms with van der Waals surface area (Å²) in [6.45, 7) is 1.54. The highest BCUT2D eigenvalue weighted by Gasteiger charge is 2.04. The molecule has 1 amide bonds. The summed E-state index contributed by atoms with van der Waals surface area (Å²) in [6.07, 6.45) is 0.541. The van der Waals surface area contributed by atoms with E-state index in [0.29, 0.717) is 6.42 Å². The van der Waals surface area contributed by atoms with Gasteiger partial charge in [0.1, 0.15) is 0 Å². The standard InChI is InChI=1S/C11H16N2O2.ClH/c1-8(15)13-10-4-2-9(3-5-10)11(12)6-7-14;/h2-5,11,14H,6-7,12H2,1H3,(H,13,15);1H/t11-;/m1./s1.